The lowest BCUT2D eigenvalue weighted by Crippen LogP contribution is -2.48. The van der Waals surface area contributed by atoms with Gasteiger partial charge in [-0.2, -0.15) is 0 Å². The van der Waals surface area contributed by atoms with E-state index in [1.165, 1.54) is 0 Å². The number of hydrogen-bond donors (Lipinski definition) is 0. The molecule has 0 unspecified atom stereocenters. The second-order valence-electron chi connectivity index (χ2n) is 5.07. The maximum atomic E-state index is 5.83. The molecule has 1 spiro atoms. The summed E-state index contributed by atoms with van der Waals surface area (Å²) in [6, 6.07) is 0. The SMILES string of the molecule is CC1(C)OCC2(CO2)COC1(C)C. The Morgan fingerprint density at radius 3 is 1.31 bits per heavy atom. The highest BCUT2D eigenvalue weighted by Crippen LogP contribution is 2.39. The zero-order valence-corrected chi connectivity index (χ0v) is 8.85. The van der Waals surface area contributed by atoms with Crippen molar-refractivity contribution in [3.63, 3.8) is 0 Å². The van der Waals surface area contributed by atoms with Crippen molar-refractivity contribution in [2.75, 3.05) is 19.8 Å². The van der Waals surface area contributed by atoms with E-state index < -0.39 is 0 Å². The minimum absolute atomic E-state index is 0.120. The fourth-order valence-electron chi connectivity index (χ4n) is 1.28. The summed E-state index contributed by atoms with van der Waals surface area (Å²) in [5.41, 5.74) is -0.615. The molecule has 0 aliphatic carbocycles. The van der Waals surface area contributed by atoms with Crippen molar-refractivity contribution < 1.29 is 14.2 Å². The molecule has 0 aromatic rings. The predicted octanol–water partition coefficient (Wildman–Crippen LogP) is 1.36. The summed E-state index contributed by atoms with van der Waals surface area (Å²) in [7, 11) is 0. The van der Waals surface area contributed by atoms with Crippen LogP contribution < -0.4 is 0 Å². The smallest absolute Gasteiger partial charge is 0.138 e. The normalized spacial score (nSPS) is 34.2. The highest BCUT2D eigenvalue weighted by molar-refractivity contribution is 5.00. The van der Waals surface area contributed by atoms with E-state index in [2.05, 4.69) is 27.7 Å². The zero-order valence-electron chi connectivity index (χ0n) is 8.85. The molecular formula is C10H18O3. The van der Waals surface area contributed by atoms with Gasteiger partial charge in [0.15, 0.2) is 0 Å². The van der Waals surface area contributed by atoms with Crippen LogP contribution in [0, 0.1) is 0 Å². The van der Waals surface area contributed by atoms with Crippen LogP contribution in [0.2, 0.25) is 0 Å². The first-order chi connectivity index (χ1) is 5.87. The van der Waals surface area contributed by atoms with Gasteiger partial charge in [0, 0.05) is 0 Å². The lowest BCUT2D eigenvalue weighted by atomic mass is 9.89. The number of ether oxygens (including phenoxy) is 3. The van der Waals surface area contributed by atoms with Gasteiger partial charge >= 0.3 is 0 Å². The molecule has 76 valence electrons. The topological polar surface area (TPSA) is 31.0 Å². The van der Waals surface area contributed by atoms with Crippen LogP contribution in [0.5, 0.6) is 0 Å². The van der Waals surface area contributed by atoms with Crippen molar-refractivity contribution in [3.05, 3.63) is 0 Å². The molecule has 0 saturated carbocycles. The molecule has 0 aromatic carbocycles. The van der Waals surface area contributed by atoms with Crippen molar-refractivity contribution >= 4 is 0 Å². The summed E-state index contributed by atoms with van der Waals surface area (Å²) in [6.45, 7) is 10.3. The second-order valence-corrected chi connectivity index (χ2v) is 5.07. The minimum atomic E-state index is -0.248. The molecule has 3 heteroatoms. The number of rotatable bonds is 0. The maximum absolute atomic E-state index is 5.83. The monoisotopic (exact) mass is 186 g/mol. The number of hydrogen-bond acceptors (Lipinski definition) is 3. The molecule has 0 atom stereocenters. The van der Waals surface area contributed by atoms with Crippen LogP contribution in [0.3, 0.4) is 0 Å². The van der Waals surface area contributed by atoms with E-state index in [0.717, 1.165) is 6.61 Å². The molecule has 2 rings (SSSR count). The van der Waals surface area contributed by atoms with Gasteiger partial charge in [-0.15, -0.1) is 0 Å². The van der Waals surface area contributed by atoms with Crippen LogP contribution in [0.1, 0.15) is 27.7 Å². The zero-order chi connectivity index (χ0) is 9.74. The Bertz CT molecular complexity index is 196. The average Bonchev–Trinajstić information content (AvgIpc) is 2.78. The van der Waals surface area contributed by atoms with Gasteiger partial charge in [-0.1, -0.05) is 0 Å². The van der Waals surface area contributed by atoms with E-state index >= 15 is 0 Å². The second kappa shape index (κ2) is 2.47. The van der Waals surface area contributed by atoms with Crippen molar-refractivity contribution in [1.29, 1.82) is 0 Å². The van der Waals surface area contributed by atoms with Crippen LogP contribution in [-0.4, -0.2) is 36.6 Å². The van der Waals surface area contributed by atoms with Gasteiger partial charge in [0.25, 0.3) is 0 Å². The molecular weight excluding hydrogens is 168 g/mol. The quantitative estimate of drug-likeness (QED) is 0.535. The summed E-state index contributed by atoms with van der Waals surface area (Å²) in [4.78, 5) is 0. The van der Waals surface area contributed by atoms with Gasteiger partial charge in [0.1, 0.15) is 5.60 Å². The fraction of sp³-hybridized carbons (Fsp3) is 1.00. The van der Waals surface area contributed by atoms with Crippen LogP contribution >= 0.6 is 0 Å². The minimum Gasteiger partial charge on any atom is -0.369 e. The van der Waals surface area contributed by atoms with E-state index in [1.54, 1.807) is 0 Å². The Hall–Kier alpha value is -0.120. The Morgan fingerprint density at radius 2 is 1.00 bits per heavy atom. The Morgan fingerprint density at radius 1 is 0.692 bits per heavy atom. The van der Waals surface area contributed by atoms with Gasteiger partial charge in [0.2, 0.25) is 0 Å². The van der Waals surface area contributed by atoms with E-state index in [1.807, 2.05) is 0 Å². The highest BCUT2D eigenvalue weighted by atomic mass is 16.7. The average molecular weight is 186 g/mol. The highest BCUT2D eigenvalue weighted by Gasteiger charge is 2.53. The van der Waals surface area contributed by atoms with E-state index in [-0.39, 0.29) is 16.8 Å². The van der Waals surface area contributed by atoms with Gasteiger partial charge < -0.3 is 14.2 Å². The summed E-state index contributed by atoms with van der Waals surface area (Å²) < 4.78 is 17.0. The Balaban J connectivity index is 2.15. The van der Waals surface area contributed by atoms with Gasteiger partial charge in [0.05, 0.1) is 31.0 Å². The largest absolute Gasteiger partial charge is 0.369 e. The maximum Gasteiger partial charge on any atom is 0.138 e. The lowest BCUT2D eigenvalue weighted by Gasteiger charge is -2.38. The summed E-state index contributed by atoms with van der Waals surface area (Å²) in [6.07, 6.45) is 0. The first-order valence-electron chi connectivity index (χ1n) is 4.79. The van der Waals surface area contributed by atoms with Crippen LogP contribution in [-0.2, 0) is 14.2 Å². The Labute approximate surface area is 79.4 Å². The third kappa shape index (κ3) is 1.49. The lowest BCUT2D eigenvalue weighted by molar-refractivity contribution is -0.147. The molecule has 0 radical (unpaired) electrons. The molecule has 2 heterocycles. The molecule has 2 saturated heterocycles. The summed E-state index contributed by atoms with van der Waals surface area (Å²) >= 11 is 0. The van der Waals surface area contributed by atoms with Gasteiger partial charge in [-0.25, -0.2) is 0 Å². The number of epoxide rings is 1. The molecule has 0 N–H and O–H groups in total. The van der Waals surface area contributed by atoms with Gasteiger partial charge in [-0.3, -0.25) is 0 Å². The van der Waals surface area contributed by atoms with Crippen molar-refractivity contribution in [3.8, 4) is 0 Å². The molecule has 0 bridgehead atoms. The summed E-state index contributed by atoms with van der Waals surface area (Å²) in [5, 5.41) is 0. The molecule has 0 aromatic heterocycles. The third-order valence-electron chi connectivity index (χ3n) is 3.39. The fourth-order valence-corrected chi connectivity index (χ4v) is 1.28. The van der Waals surface area contributed by atoms with E-state index in [0.29, 0.717) is 13.2 Å². The van der Waals surface area contributed by atoms with Crippen LogP contribution in [0.4, 0.5) is 0 Å². The van der Waals surface area contributed by atoms with Crippen LogP contribution in [0.25, 0.3) is 0 Å². The van der Waals surface area contributed by atoms with E-state index in [4.69, 9.17) is 14.2 Å². The predicted molar refractivity (Wildman–Crippen MR) is 48.7 cm³/mol. The first kappa shape index (κ1) is 9.44. The van der Waals surface area contributed by atoms with Crippen molar-refractivity contribution in [2.45, 2.75) is 44.5 Å². The molecule has 3 nitrogen and oxygen atoms in total. The molecule has 13 heavy (non-hydrogen) atoms. The first-order valence-corrected chi connectivity index (χ1v) is 4.79. The van der Waals surface area contributed by atoms with E-state index in [9.17, 15) is 0 Å². The van der Waals surface area contributed by atoms with Crippen LogP contribution in [0.15, 0.2) is 0 Å². The Kier molecular flexibility index (Phi) is 1.79. The summed E-state index contributed by atoms with van der Waals surface area (Å²) in [5.74, 6) is 0. The van der Waals surface area contributed by atoms with Gasteiger partial charge in [-0.05, 0) is 27.7 Å². The van der Waals surface area contributed by atoms with Crippen molar-refractivity contribution in [2.24, 2.45) is 0 Å². The molecule has 2 aliphatic rings. The molecule has 0 amide bonds. The van der Waals surface area contributed by atoms with Crippen molar-refractivity contribution in [1.82, 2.24) is 0 Å². The standard InChI is InChI=1S/C10H18O3/c1-8(2)9(3,4)12-6-10(5-11-8)7-13-10/h5-7H2,1-4H3. The molecule has 2 aliphatic heterocycles. The molecule has 2 fully saturated rings. The third-order valence-corrected chi connectivity index (χ3v) is 3.39.